The van der Waals surface area contributed by atoms with E-state index in [1.807, 2.05) is 41.4 Å². The number of nitrogens with zero attached hydrogens (tertiary/aromatic N) is 3. The van der Waals surface area contributed by atoms with Gasteiger partial charge in [-0.2, -0.15) is 0 Å². The van der Waals surface area contributed by atoms with Crippen LogP contribution in [0.4, 0.5) is 5.69 Å². The summed E-state index contributed by atoms with van der Waals surface area (Å²) in [5, 5.41) is 16.4. The predicted molar refractivity (Wildman–Crippen MR) is 122 cm³/mol. The van der Waals surface area contributed by atoms with E-state index in [-0.39, 0.29) is 16.8 Å². The minimum absolute atomic E-state index is 0.0997. The highest BCUT2D eigenvalue weighted by molar-refractivity contribution is 5.95. The molecule has 0 amide bonds. The first-order valence-corrected chi connectivity index (χ1v) is 10.4. The van der Waals surface area contributed by atoms with Crippen molar-refractivity contribution in [3.8, 4) is 5.75 Å². The Morgan fingerprint density at radius 1 is 1.07 bits per heavy atom. The number of amidine groups is 1. The summed E-state index contributed by atoms with van der Waals surface area (Å²) in [5.74, 6) is 1.28. The van der Waals surface area contributed by atoms with Crippen molar-refractivity contribution in [2.24, 2.45) is 4.99 Å². The fourth-order valence-corrected chi connectivity index (χ4v) is 4.97. The van der Waals surface area contributed by atoms with E-state index in [4.69, 9.17) is 4.99 Å². The van der Waals surface area contributed by atoms with Crippen LogP contribution in [-0.2, 0) is 0 Å². The van der Waals surface area contributed by atoms with Gasteiger partial charge in [-0.1, -0.05) is 24.3 Å². The summed E-state index contributed by atoms with van der Waals surface area (Å²) in [5.41, 5.74) is 0.986. The zero-order chi connectivity index (χ0) is 20.8. The molecule has 154 valence electrons. The van der Waals surface area contributed by atoms with Crippen LogP contribution >= 0.6 is 0 Å². The van der Waals surface area contributed by atoms with Gasteiger partial charge in [-0.25, -0.2) is 4.99 Å². The first-order chi connectivity index (χ1) is 13.6. The van der Waals surface area contributed by atoms with Gasteiger partial charge in [-0.05, 0) is 69.5 Å². The number of phenols is 1. The van der Waals surface area contributed by atoms with Gasteiger partial charge in [0.2, 0.25) is 0 Å². The van der Waals surface area contributed by atoms with Gasteiger partial charge in [0.05, 0.1) is 5.69 Å². The lowest BCUT2D eigenvalue weighted by Gasteiger charge is -2.49. The van der Waals surface area contributed by atoms with Crippen molar-refractivity contribution in [2.45, 2.75) is 57.7 Å². The van der Waals surface area contributed by atoms with E-state index in [1.54, 1.807) is 0 Å². The number of nitrogens with one attached hydrogen (secondary N) is 1. The number of aromatic hydroxyl groups is 1. The van der Waals surface area contributed by atoms with Gasteiger partial charge < -0.3 is 20.2 Å². The molecule has 2 aliphatic rings. The van der Waals surface area contributed by atoms with Gasteiger partial charge in [0.15, 0.2) is 0 Å². The van der Waals surface area contributed by atoms with Crippen LogP contribution < -0.4 is 10.2 Å². The van der Waals surface area contributed by atoms with E-state index in [9.17, 15) is 5.11 Å². The maximum absolute atomic E-state index is 10.5. The van der Waals surface area contributed by atoms with Crippen molar-refractivity contribution in [3.63, 3.8) is 0 Å². The zero-order valence-electron chi connectivity index (χ0n) is 18.1. The van der Waals surface area contributed by atoms with E-state index >= 15 is 0 Å². The fourth-order valence-electron chi connectivity index (χ4n) is 4.97. The number of rotatable bonds is 2. The topological polar surface area (TPSA) is 51.1 Å². The van der Waals surface area contributed by atoms with Gasteiger partial charge in [0.1, 0.15) is 18.3 Å². The van der Waals surface area contributed by atoms with Gasteiger partial charge in [-0.3, -0.25) is 0 Å². The molecule has 0 aromatic heterocycles. The van der Waals surface area contributed by atoms with E-state index in [1.165, 1.54) is 0 Å². The highest BCUT2D eigenvalue weighted by Gasteiger charge is 2.39. The number of piperidine rings is 1. The molecule has 5 heteroatoms. The average Bonchev–Trinajstić information content (AvgIpc) is 2.64. The number of aliphatic imine (C=N–C) groups is 1. The van der Waals surface area contributed by atoms with Gasteiger partial charge in [0.25, 0.3) is 0 Å². The van der Waals surface area contributed by atoms with Crippen LogP contribution in [0.3, 0.4) is 0 Å². The minimum atomic E-state index is 0.0997. The Labute approximate surface area is 173 Å². The molecule has 2 aromatic carbocycles. The molecule has 0 radical (unpaired) electrons. The monoisotopic (exact) mass is 392 g/mol. The summed E-state index contributed by atoms with van der Waals surface area (Å²) in [4.78, 5) is 9.14. The van der Waals surface area contributed by atoms with Crippen molar-refractivity contribution in [3.05, 3.63) is 48.7 Å². The molecule has 5 nitrogen and oxygen atoms in total. The summed E-state index contributed by atoms with van der Waals surface area (Å²) in [6.07, 6.45) is 6.24. The third kappa shape index (κ3) is 4.10. The minimum Gasteiger partial charge on any atom is -0.506 e. The van der Waals surface area contributed by atoms with Crippen LogP contribution in [0.2, 0.25) is 0 Å². The third-order valence-electron chi connectivity index (χ3n) is 6.02. The van der Waals surface area contributed by atoms with E-state index in [0.717, 1.165) is 35.1 Å². The molecule has 0 aliphatic carbocycles. The molecule has 29 heavy (non-hydrogen) atoms. The second kappa shape index (κ2) is 7.06. The molecule has 1 fully saturated rings. The average molecular weight is 393 g/mol. The number of hydrogen-bond acceptors (Lipinski definition) is 5. The molecule has 0 bridgehead atoms. The second-order valence-corrected chi connectivity index (χ2v) is 9.70. The van der Waals surface area contributed by atoms with Crippen LogP contribution in [0.25, 0.3) is 10.8 Å². The first-order valence-electron chi connectivity index (χ1n) is 10.4. The molecule has 2 aliphatic heterocycles. The largest absolute Gasteiger partial charge is 0.506 e. The van der Waals surface area contributed by atoms with E-state index < -0.39 is 0 Å². The second-order valence-electron chi connectivity index (χ2n) is 9.70. The molecule has 0 unspecified atom stereocenters. The van der Waals surface area contributed by atoms with Crippen molar-refractivity contribution >= 4 is 22.3 Å². The number of likely N-dealkylation sites (N-methyl/N-ethyl adjacent to an activating group) is 1. The Kier molecular flexibility index (Phi) is 4.82. The van der Waals surface area contributed by atoms with Crippen molar-refractivity contribution in [1.82, 2.24) is 10.2 Å². The lowest BCUT2D eigenvalue weighted by Crippen LogP contribution is -2.62. The van der Waals surface area contributed by atoms with Gasteiger partial charge in [-0.15, -0.1) is 0 Å². The van der Waals surface area contributed by atoms with Crippen LogP contribution in [0.1, 0.15) is 40.5 Å². The number of fused-ring (bicyclic) bond motifs is 1. The molecular formula is C24H32N4O. The Morgan fingerprint density at radius 2 is 1.69 bits per heavy atom. The molecular weight excluding hydrogens is 360 g/mol. The number of benzene rings is 2. The SMILES string of the molecule is CN(C1=NCN(c2cc3ccccc3cc2O)C=C1)C1CC(C)(C)NC(C)(C)C1. The molecule has 4 rings (SSSR count). The van der Waals surface area contributed by atoms with Crippen LogP contribution in [-0.4, -0.2) is 46.7 Å². The maximum Gasteiger partial charge on any atom is 0.139 e. The van der Waals surface area contributed by atoms with Crippen molar-refractivity contribution in [2.75, 3.05) is 18.6 Å². The Hall–Kier alpha value is -2.53. The fraction of sp³-hybridized carbons (Fsp3) is 0.458. The smallest absolute Gasteiger partial charge is 0.139 e. The van der Waals surface area contributed by atoms with Crippen LogP contribution in [0, 0.1) is 0 Å². The molecule has 0 atom stereocenters. The Bertz CT molecular complexity index is 960. The van der Waals surface area contributed by atoms with Gasteiger partial charge in [0, 0.05) is 30.4 Å². The molecule has 2 aromatic rings. The number of phenolic OH excluding ortho intramolecular Hbond substituents is 1. The number of anilines is 1. The van der Waals surface area contributed by atoms with Crippen molar-refractivity contribution < 1.29 is 5.11 Å². The quantitative estimate of drug-likeness (QED) is 0.791. The van der Waals surface area contributed by atoms with Crippen LogP contribution in [0.5, 0.6) is 5.75 Å². The summed E-state index contributed by atoms with van der Waals surface area (Å²) >= 11 is 0. The molecule has 0 saturated carbocycles. The summed E-state index contributed by atoms with van der Waals surface area (Å²) in [6.45, 7) is 9.60. The first kappa shape index (κ1) is 19.8. The lowest BCUT2D eigenvalue weighted by molar-refractivity contribution is 0.114. The standard InChI is InChI=1S/C24H32N4O/c1-23(2)14-19(15-24(3,4)26-23)27(5)22-10-11-28(16-25-22)20-12-17-8-6-7-9-18(17)13-21(20)29/h6-13,19,26,29H,14-16H2,1-5H3. The lowest BCUT2D eigenvalue weighted by atomic mass is 9.79. The maximum atomic E-state index is 10.5. The molecule has 1 saturated heterocycles. The summed E-state index contributed by atoms with van der Waals surface area (Å²) in [7, 11) is 2.15. The normalized spacial score (nSPS) is 21.3. The highest BCUT2D eigenvalue weighted by Crippen LogP contribution is 2.34. The molecule has 2 N–H and O–H groups in total. The van der Waals surface area contributed by atoms with Crippen LogP contribution in [0.15, 0.2) is 53.7 Å². The summed E-state index contributed by atoms with van der Waals surface area (Å²) in [6, 6.07) is 12.4. The summed E-state index contributed by atoms with van der Waals surface area (Å²) < 4.78 is 0. The Morgan fingerprint density at radius 3 is 2.28 bits per heavy atom. The van der Waals surface area contributed by atoms with Crippen molar-refractivity contribution in [1.29, 1.82) is 0 Å². The zero-order valence-corrected chi connectivity index (χ0v) is 18.1. The predicted octanol–water partition coefficient (Wildman–Crippen LogP) is 4.48. The van der Waals surface area contributed by atoms with E-state index in [0.29, 0.717) is 12.7 Å². The van der Waals surface area contributed by atoms with Gasteiger partial charge >= 0.3 is 0 Å². The Balaban J connectivity index is 1.51. The third-order valence-corrected chi connectivity index (χ3v) is 6.02. The van der Waals surface area contributed by atoms with E-state index in [2.05, 4.69) is 57.1 Å². The molecule has 2 heterocycles. The highest BCUT2D eigenvalue weighted by atomic mass is 16.3. The molecule has 0 spiro atoms. The number of hydrogen-bond donors (Lipinski definition) is 2.